The van der Waals surface area contributed by atoms with Crippen molar-refractivity contribution >= 4 is 58.9 Å². The zero-order valence-corrected chi connectivity index (χ0v) is 48.8. The number of morpholine rings is 1. The molecule has 6 amide bonds. The molecule has 33 nitrogen and oxygen atoms in total. The number of rotatable bonds is 25. The van der Waals surface area contributed by atoms with Gasteiger partial charge in [-0.2, -0.15) is 0 Å². The summed E-state index contributed by atoms with van der Waals surface area (Å²) in [5.74, 6) is -13.1. The molecule has 4 heterocycles. The molecule has 14 N–H and O–H groups in total. The number of aromatic hydroxyl groups is 2. The Balaban J connectivity index is 0.976. The molecule has 0 saturated carbocycles. The van der Waals surface area contributed by atoms with Gasteiger partial charge in [0, 0.05) is 89.5 Å². The van der Waals surface area contributed by atoms with Crippen molar-refractivity contribution in [1.29, 1.82) is 0 Å². The lowest BCUT2D eigenvalue weighted by atomic mass is 9.72. The van der Waals surface area contributed by atoms with Crippen LogP contribution in [0.3, 0.4) is 0 Å². The van der Waals surface area contributed by atoms with E-state index in [2.05, 4.69) is 31.9 Å². The molecule has 2 aliphatic carbocycles. The van der Waals surface area contributed by atoms with Gasteiger partial charge in [-0.15, -0.1) is 0 Å². The number of phenolic OH excluding ortho intramolecular Hbond substituents is 2. The number of nitrogens with one attached hydrogen (secondary N) is 6. The van der Waals surface area contributed by atoms with Crippen LogP contribution in [0.1, 0.15) is 103 Å². The Kier molecular flexibility index (Phi) is 21.1. The van der Waals surface area contributed by atoms with Crippen LogP contribution in [-0.4, -0.2) is 250 Å². The molecule has 0 radical (unpaired) electrons. The first kappa shape index (κ1) is 65.9. The van der Waals surface area contributed by atoms with Crippen LogP contribution in [0.15, 0.2) is 18.2 Å². The second kappa shape index (κ2) is 28.5. The largest absolute Gasteiger partial charge is 0.507 e. The smallest absolute Gasteiger partial charge is 0.335 e. The summed E-state index contributed by atoms with van der Waals surface area (Å²) in [6.07, 6.45) is -19.9. The van der Waals surface area contributed by atoms with Gasteiger partial charge in [0.1, 0.15) is 59.3 Å². The van der Waals surface area contributed by atoms with Crippen LogP contribution < -0.4 is 36.6 Å². The van der Waals surface area contributed by atoms with E-state index in [1.807, 2.05) is 4.90 Å². The molecule has 488 valence electrons. The highest BCUT2D eigenvalue weighted by molar-refractivity contribution is 6.31. The maximum Gasteiger partial charge on any atom is 0.335 e. The number of aliphatic hydroxyl groups excluding tert-OH is 3. The van der Waals surface area contributed by atoms with Crippen molar-refractivity contribution in [1.82, 2.24) is 36.8 Å². The van der Waals surface area contributed by atoms with Crippen molar-refractivity contribution in [2.45, 2.75) is 151 Å². The van der Waals surface area contributed by atoms with E-state index in [-0.39, 0.29) is 47.0 Å². The Morgan fingerprint density at radius 2 is 1.53 bits per heavy atom. The van der Waals surface area contributed by atoms with Gasteiger partial charge in [-0.3, -0.25) is 48.1 Å². The van der Waals surface area contributed by atoms with Gasteiger partial charge in [-0.1, -0.05) is 26.0 Å². The molecule has 0 bridgehead atoms. The monoisotopic (exact) mass is 1260 g/mol. The minimum absolute atomic E-state index is 0.00495. The van der Waals surface area contributed by atoms with E-state index in [0.717, 1.165) is 0 Å². The number of carbonyl (C=O) groups is 10. The van der Waals surface area contributed by atoms with Crippen LogP contribution in [0, 0.1) is 5.92 Å². The third-order valence-corrected chi connectivity index (χ3v) is 16.0. The summed E-state index contributed by atoms with van der Waals surface area (Å²) in [5.41, 5.74) is -4.65. The normalized spacial score (nSPS) is 29.0. The van der Waals surface area contributed by atoms with E-state index in [0.29, 0.717) is 13.2 Å². The summed E-state index contributed by atoms with van der Waals surface area (Å²) in [6.45, 7) is 2.61. The summed E-state index contributed by atoms with van der Waals surface area (Å²) in [7, 11) is 2.75. The number of fused-ring (bicyclic) bond motifs is 6. The first-order valence-corrected chi connectivity index (χ1v) is 28.4. The van der Waals surface area contributed by atoms with Gasteiger partial charge >= 0.3 is 11.9 Å². The molecular formula is C56H73N7O26. The fraction of sp³-hybridized carbons (Fsp3) is 0.607. The van der Waals surface area contributed by atoms with E-state index < -0.39 is 231 Å². The van der Waals surface area contributed by atoms with Crippen molar-refractivity contribution in [3.8, 4) is 17.2 Å². The molecule has 0 spiro atoms. The summed E-state index contributed by atoms with van der Waals surface area (Å²) in [4.78, 5) is 133. The Morgan fingerprint density at radius 1 is 0.809 bits per heavy atom. The van der Waals surface area contributed by atoms with Gasteiger partial charge in [-0.25, -0.2) is 4.79 Å². The Bertz CT molecular complexity index is 3120. The predicted octanol–water partition coefficient (Wildman–Crippen LogP) is -4.60. The van der Waals surface area contributed by atoms with E-state index in [9.17, 15) is 83.7 Å². The van der Waals surface area contributed by atoms with Crippen molar-refractivity contribution in [2.75, 3.05) is 60.2 Å². The molecule has 4 aliphatic heterocycles. The Labute approximate surface area is 508 Å². The lowest BCUT2D eigenvalue weighted by Crippen LogP contribution is -2.61. The third-order valence-electron chi connectivity index (χ3n) is 16.0. The summed E-state index contributed by atoms with van der Waals surface area (Å²) >= 11 is 0. The molecular weight excluding hydrogens is 1190 g/mol. The predicted molar refractivity (Wildman–Crippen MR) is 294 cm³/mol. The molecule has 33 heteroatoms. The standard InChI is InChI=1S/C56H73N7O26/c1-22(2)39(62-31(65)11-12-57-32(66)20-60-30(64)9-10-33(67)68)50(77)61-26(21-85-53-46(75)44(73)45(74)48(89-53)52(78)79)49(76)58-13-14-59-55(80)56(81)18-25-36(43(72)38-37(41(25)70)40(69)24-7-6-8-28(82-4)35(24)42(38)71)29(19-56)87-34-17-27-47(23(3)86-34)88-51-54(83-5)84-16-15-63(27)51/h6-8,22-23,26-27,29,34,39,44-48,51,53-54,70,72-75,81H,9-21H2,1-5H3,(H,57,66)(H,58,76)(H,59,80)(H,60,64)(H,61,77)(H,62,65)(H,67,68)(H,78,79)/t23-,26-,27?,29-,34-,39-,44-,45-,46+,47+,48-,51+,53+,54-,56-/m0/s1/i9T/t9?,23-,26-,27?,29-,34-,39-,44-,45-,46+,47+,48-,51+,53+,54-,56-. The number of ether oxygens (including phenoxy) is 8. The van der Waals surface area contributed by atoms with Gasteiger partial charge in [0.15, 0.2) is 37.0 Å². The van der Waals surface area contributed by atoms with Gasteiger partial charge in [0.2, 0.25) is 35.3 Å². The third kappa shape index (κ3) is 14.6. The Morgan fingerprint density at radius 3 is 2.21 bits per heavy atom. The number of carbonyl (C=O) groups excluding carboxylic acids is 8. The molecule has 0 aromatic heterocycles. The van der Waals surface area contributed by atoms with Crippen LogP contribution in [0.25, 0.3) is 0 Å². The molecule has 2 unspecified atom stereocenters. The van der Waals surface area contributed by atoms with Crippen LogP contribution in [0.2, 0.25) is 0 Å². The molecule has 2 aromatic carbocycles. The van der Waals surface area contributed by atoms with E-state index in [1.165, 1.54) is 46.3 Å². The number of nitrogens with zero attached hydrogens (tertiary/aromatic N) is 1. The number of carboxylic acid groups (broad SMARTS) is 2. The highest BCUT2D eigenvalue weighted by atomic mass is 16.7. The van der Waals surface area contributed by atoms with Crippen LogP contribution in [-0.2, 0) is 77.9 Å². The maximum atomic E-state index is 14.4. The maximum absolute atomic E-state index is 14.4. The number of methoxy groups -OCH3 is 2. The number of ketones is 2. The molecule has 8 rings (SSSR count). The van der Waals surface area contributed by atoms with E-state index >= 15 is 0 Å². The summed E-state index contributed by atoms with van der Waals surface area (Å²) in [5, 5.41) is 101. The number of aliphatic carboxylic acids is 2. The molecule has 4 fully saturated rings. The van der Waals surface area contributed by atoms with Crippen LogP contribution in [0.4, 0.5) is 0 Å². The zero-order valence-electron chi connectivity index (χ0n) is 49.8. The second-order valence-electron chi connectivity index (χ2n) is 22.3. The molecule has 6 aliphatic rings. The minimum atomic E-state index is -2.56. The van der Waals surface area contributed by atoms with Gasteiger partial charge in [0.05, 0.1) is 62.2 Å². The average Bonchev–Trinajstić information content (AvgIpc) is 0.871. The minimum Gasteiger partial charge on any atom is -0.507 e. The first-order valence-electron chi connectivity index (χ1n) is 29.0. The van der Waals surface area contributed by atoms with Crippen LogP contribution in [0.5, 0.6) is 17.2 Å². The highest BCUT2D eigenvalue weighted by Gasteiger charge is 2.56. The summed E-state index contributed by atoms with van der Waals surface area (Å²) in [6, 6.07) is 0.618. The lowest BCUT2D eigenvalue weighted by molar-refractivity contribution is -0.294. The SMILES string of the molecule is [3H]C(CC(=O)O)C(=O)NCC(=O)NCCC(=O)N[C@H](C(=O)N[C@@H](CO[C@@H]1O[C@H](C(=O)O)[C@@H](O)[C@H](O)[C@H]1O)C(=O)NCCNC(=O)[C@]1(O)Cc2c(O)c3c(c(O)c2[C@@H](O[C@H]2CC4[C@H](O[C@@H]5[C@@H](OC)OCCN45)[C@H](C)O2)C1)C(=O)c1c(OC)cccc1C3=O)C(C)C. The van der Waals surface area contributed by atoms with E-state index in [1.54, 1.807) is 6.92 Å². The number of carboxylic acids is 2. The number of hydrogen-bond donors (Lipinski definition) is 14. The number of aliphatic hydroxyl groups is 4. The van der Waals surface area contributed by atoms with Crippen LogP contribution >= 0.6 is 0 Å². The van der Waals surface area contributed by atoms with Gasteiger partial charge in [0.25, 0.3) is 5.91 Å². The first-order chi connectivity index (χ1) is 42.6. The fourth-order valence-electron chi connectivity index (χ4n) is 11.6. The number of phenols is 2. The van der Waals surface area contributed by atoms with Crippen molar-refractivity contribution < 1.29 is 128 Å². The second-order valence-corrected chi connectivity index (χ2v) is 22.3. The molecule has 4 saturated heterocycles. The summed E-state index contributed by atoms with van der Waals surface area (Å²) < 4.78 is 54.2. The number of hydrogen-bond acceptors (Lipinski definition) is 25. The number of benzene rings is 2. The lowest BCUT2D eigenvalue weighted by Gasteiger charge is -2.43. The topological polar surface area (TPSA) is 482 Å². The highest BCUT2D eigenvalue weighted by Crippen LogP contribution is 2.53. The Hall–Kier alpha value is -7.54. The zero-order chi connectivity index (χ0) is 65.8. The van der Waals surface area contributed by atoms with E-state index in [4.69, 9.17) is 44.4 Å². The quantitative estimate of drug-likeness (QED) is 0.0280. The van der Waals surface area contributed by atoms with Crippen molar-refractivity contribution in [2.24, 2.45) is 5.92 Å². The van der Waals surface area contributed by atoms with Gasteiger partial charge in [-0.05, 0) is 18.9 Å². The molecule has 16 atom stereocenters. The number of amides is 6. The molecule has 2 aromatic rings. The average molecular weight is 1260 g/mol. The van der Waals surface area contributed by atoms with Crippen molar-refractivity contribution in [3.05, 3.63) is 51.6 Å². The van der Waals surface area contributed by atoms with Gasteiger partial charge < -0.3 is 111 Å². The fourth-order valence-corrected chi connectivity index (χ4v) is 11.6. The molecule has 89 heavy (non-hydrogen) atoms. The van der Waals surface area contributed by atoms with Crippen molar-refractivity contribution in [3.63, 3.8) is 0 Å².